The number of ether oxygens (including phenoxy) is 3. The van der Waals surface area contributed by atoms with Crippen LogP contribution in [0.4, 0.5) is 0 Å². The van der Waals surface area contributed by atoms with E-state index in [1.807, 2.05) is 31.3 Å². The average molecular weight is 288 g/mol. The van der Waals surface area contributed by atoms with Gasteiger partial charge in [0.25, 0.3) is 0 Å². The molecular formula is C14H22ClNO3. The van der Waals surface area contributed by atoms with Crippen LogP contribution in [0.1, 0.15) is 0 Å². The standard InChI is InChI=1S/C14H22ClNO3/c1-16(8-11-18-10-7-15)9-12-19-14-5-3-13(17-2)4-6-14/h3-6H,7-12H2,1-2H3. The Kier molecular flexibility index (Phi) is 8.38. The van der Waals surface area contributed by atoms with Crippen LogP contribution >= 0.6 is 11.6 Å². The summed E-state index contributed by atoms with van der Waals surface area (Å²) in [7, 11) is 3.69. The summed E-state index contributed by atoms with van der Waals surface area (Å²) in [6.07, 6.45) is 0. The van der Waals surface area contributed by atoms with Gasteiger partial charge in [0.05, 0.1) is 20.3 Å². The van der Waals surface area contributed by atoms with Crippen LogP contribution in [0.2, 0.25) is 0 Å². The van der Waals surface area contributed by atoms with E-state index < -0.39 is 0 Å². The van der Waals surface area contributed by atoms with Crippen LogP contribution in [0, 0.1) is 0 Å². The summed E-state index contributed by atoms with van der Waals surface area (Å²) in [5.74, 6) is 2.23. The number of rotatable bonds is 10. The highest BCUT2D eigenvalue weighted by molar-refractivity contribution is 6.17. The first-order valence-corrected chi connectivity index (χ1v) is 6.89. The molecule has 0 bridgehead atoms. The van der Waals surface area contributed by atoms with Gasteiger partial charge in [-0.15, -0.1) is 11.6 Å². The maximum atomic E-state index is 5.64. The molecule has 1 rings (SSSR count). The van der Waals surface area contributed by atoms with Crippen molar-refractivity contribution >= 4 is 11.6 Å². The number of likely N-dealkylation sites (N-methyl/N-ethyl adjacent to an activating group) is 1. The Balaban J connectivity index is 2.11. The fourth-order valence-electron chi connectivity index (χ4n) is 1.48. The lowest BCUT2D eigenvalue weighted by Gasteiger charge is -2.16. The van der Waals surface area contributed by atoms with Gasteiger partial charge in [0.15, 0.2) is 0 Å². The van der Waals surface area contributed by atoms with Gasteiger partial charge in [-0.1, -0.05) is 0 Å². The quantitative estimate of drug-likeness (QED) is 0.488. The summed E-state index contributed by atoms with van der Waals surface area (Å²) < 4.78 is 16.0. The highest BCUT2D eigenvalue weighted by atomic mass is 35.5. The largest absolute Gasteiger partial charge is 0.497 e. The Morgan fingerprint density at radius 2 is 1.63 bits per heavy atom. The monoisotopic (exact) mass is 287 g/mol. The smallest absolute Gasteiger partial charge is 0.119 e. The molecule has 0 spiro atoms. The summed E-state index contributed by atoms with van der Waals surface area (Å²) in [5.41, 5.74) is 0. The molecule has 0 amide bonds. The number of hydrogen-bond acceptors (Lipinski definition) is 4. The molecule has 0 aromatic heterocycles. The zero-order valence-electron chi connectivity index (χ0n) is 11.6. The molecule has 4 nitrogen and oxygen atoms in total. The lowest BCUT2D eigenvalue weighted by molar-refractivity contribution is 0.118. The van der Waals surface area contributed by atoms with Crippen molar-refractivity contribution in [2.24, 2.45) is 0 Å². The van der Waals surface area contributed by atoms with Crippen LogP contribution in [-0.2, 0) is 4.74 Å². The molecular weight excluding hydrogens is 266 g/mol. The van der Waals surface area contributed by atoms with E-state index in [4.69, 9.17) is 25.8 Å². The molecule has 0 heterocycles. The minimum atomic E-state index is 0.546. The van der Waals surface area contributed by atoms with Crippen molar-refractivity contribution in [1.29, 1.82) is 0 Å². The molecule has 0 N–H and O–H groups in total. The second-order valence-electron chi connectivity index (χ2n) is 4.13. The zero-order chi connectivity index (χ0) is 13.9. The van der Waals surface area contributed by atoms with Crippen molar-refractivity contribution < 1.29 is 14.2 Å². The predicted octanol–water partition coefficient (Wildman–Crippen LogP) is 2.26. The van der Waals surface area contributed by atoms with Crippen LogP contribution in [0.25, 0.3) is 0 Å². The highest BCUT2D eigenvalue weighted by Crippen LogP contribution is 2.16. The topological polar surface area (TPSA) is 30.9 Å². The second kappa shape index (κ2) is 9.89. The minimum absolute atomic E-state index is 0.546. The fourth-order valence-corrected chi connectivity index (χ4v) is 1.59. The molecule has 1 aromatic carbocycles. The van der Waals surface area contributed by atoms with Crippen molar-refractivity contribution in [2.75, 3.05) is 52.9 Å². The molecule has 0 atom stereocenters. The van der Waals surface area contributed by atoms with Crippen LogP contribution in [0.5, 0.6) is 11.5 Å². The molecule has 1 aromatic rings. The lowest BCUT2D eigenvalue weighted by atomic mass is 10.3. The van der Waals surface area contributed by atoms with E-state index in [-0.39, 0.29) is 0 Å². The van der Waals surface area contributed by atoms with Gasteiger partial charge in [-0.05, 0) is 31.3 Å². The third-order valence-corrected chi connectivity index (χ3v) is 2.79. The normalized spacial score (nSPS) is 10.7. The number of alkyl halides is 1. The number of halogens is 1. The highest BCUT2D eigenvalue weighted by Gasteiger charge is 2.00. The summed E-state index contributed by atoms with van der Waals surface area (Å²) >= 11 is 5.52. The predicted molar refractivity (Wildman–Crippen MR) is 77.5 cm³/mol. The van der Waals surface area contributed by atoms with E-state index in [9.17, 15) is 0 Å². The van der Waals surface area contributed by atoms with Crippen molar-refractivity contribution in [3.63, 3.8) is 0 Å². The first-order chi connectivity index (χ1) is 9.26. The van der Waals surface area contributed by atoms with E-state index in [1.165, 1.54) is 0 Å². The summed E-state index contributed by atoms with van der Waals surface area (Å²) in [6, 6.07) is 7.59. The molecule has 0 radical (unpaired) electrons. The van der Waals surface area contributed by atoms with Crippen molar-refractivity contribution in [1.82, 2.24) is 4.90 Å². The van der Waals surface area contributed by atoms with Gasteiger partial charge in [0.1, 0.15) is 18.1 Å². The fraction of sp³-hybridized carbons (Fsp3) is 0.571. The Morgan fingerprint density at radius 3 is 2.26 bits per heavy atom. The van der Waals surface area contributed by atoms with Crippen LogP contribution < -0.4 is 9.47 Å². The third-order valence-electron chi connectivity index (χ3n) is 2.64. The summed E-state index contributed by atoms with van der Waals surface area (Å²) in [4.78, 5) is 2.16. The van der Waals surface area contributed by atoms with Gasteiger partial charge in [0, 0.05) is 19.0 Å². The number of hydrogen-bond donors (Lipinski definition) is 0. The van der Waals surface area contributed by atoms with Crippen molar-refractivity contribution in [3.8, 4) is 11.5 Å². The van der Waals surface area contributed by atoms with Crippen LogP contribution in [0.15, 0.2) is 24.3 Å². The van der Waals surface area contributed by atoms with E-state index in [0.717, 1.165) is 24.6 Å². The Bertz CT molecular complexity index is 332. The molecule has 5 heteroatoms. The molecule has 0 unspecified atom stereocenters. The van der Waals surface area contributed by atoms with Gasteiger partial charge in [-0.25, -0.2) is 0 Å². The van der Waals surface area contributed by atoms with Gasteiger partial charge in [-0.2, -0.15) is 0 Å². The Hall–Kier alpha value is -0.970. The second-order valence-corrected chi connectivity index (χ2v) is 4.51. The maximum absolute atomic E-state index is 5.64. The van der Waals surface area contributed by atoms with Gasteiger partial charge in [0.2, 0.25) is 0 Å². The number of methoxy groups -OCH3 is 1. The number of nitrogens with zero attached hydrogens (tertiary/aromatic N) is 1. The van der Waals surface area contributed by atoms with Crippen LogP contribution in [-0.4, -0.2) is 57.8 Å². The SMILES string of the molecule is COc1ccc(OCCN(C)CCOCCCl)cc1. The summed E-state index contributed by atoms with van der Waals surface area (Å²) in [6.45, 7) is 3.70. The first-order valence-electron chi connectivity index (χ1n) is 6.35. The molecule has 108 valence electrons. The van der Waals surface area contributed by atoms with Gasteiger partial charge < -0.3 is 19.1 Å². The molecule has 0 aliphatic heterocycles. The summed E-state index contributed by atoms with van der Waals surface area (Å²) in [5, 5.41) is 0. The molecule has 0 aliphatic carbocycles. The molecule has 0 aliphatic rings. The molecule has 19 heavy (non-hydrogen) atoms. The van der Waals surface area contributed by atoms with E-state index in [0.29, 0.717) is 25.7 Å². The van der Waals surface area contributed by atoms with E-state index in [2.05, 4.69) is 4.90 Å². The van der Waals surface area contributed by atoms with Gasteiger partial charge in [-0.3, -0.25) is 0 Å². The zero-order valence-corrected chi connectivity index (χ0v) is 12.4. The van der Waals surface area contributed by atoms with E-state index >= 15 is 0 Å². The Labute approximate surface area is 120 Å². The molecule has 0 saturated heterocycles. The van der Waals surface area contributed by atoms with Crippen molar-refractivity contribution in [2.45, 2.75) is 0 Å². The molecule has 0 fully saturated rings. The minimum Gasteiger partial charge on any atom is -0.497 e. The van der Waals surface area contributed by atoms with Gasteiger partial charge >= 0.3 is 0 Å². The first kappa shape index (κ1) is 16.1. The van der Waals surface area contributed by atoms with Crippen molar-refractivity contribution in [3.05, 3.63) is 24.3 Å². The Morgan fingerprint density at radius 1 is 1.00 bits per heavy atom. The van der Waals surface area contributed by atoms with Crippen LogP contribution in [0.3, 0.4) is 0 Å². The lowest BCUT2D eigenvalue weighted by Crippen LogP contribution is -2.28. The number of benzene rings is 1. The van der Waals surface area contributed by atoms with E-state index in [1.54, 1.807) is 7.11 Å². The third kappa shape index (κ3) is 7.25. The molecule has 0 saturated carbocycles. The maximum Gasteiger partial charge on any atom is 0.119 e. The average Bonchev–Trinajstić information content (AvgIpc) is 2.44.